The van der Waals surface area contributed by atoms with Crippen molar-refractivity contribution in [2.24, 2.45) is 0 Å². The van der Waals surface area contributed by atoms with Gasteiger partial charge in [0.1, 0.15) is 97.7 Å². The fourth-order valence-electron chi connectivity index (χ4n) is 6.39. The van der Waals surface area contributed by atoms with E-state index in [-0.39, 0.29) is 26.4 Å². The molecule has 0 radical (unpaired) electrons. The molecule has 20 atom stereocenters. The van der Waals surface area contributed by atoms with Crippen LogP contribution >= 0.6 is 0 Å². The van der Waals surface area contributed by atoms with Gasteiger partial charge >= 0.3 is 0 Å². The quantitative estimate of drug-likeness (QED) is 0.0670. The molecule has 56 heavy (non-hydrogen) atoms. The van der Waals surface area contributed by atoms with E-state index in [4.69, 9.17) is 52.1 Å². The summed E-state index contributed by atoms with van der Waals surface area (Å²) in [5.74, 6) is 0. The van der Waals surface area contributed by atoms with E-state index in [1.165, 1.54) is 14.2 Å². The zero-order valence-electron chi connectivity index (χ0n) is 33.5. The summed E-state index contributed by atoms with van der Waals surface area (Å²) in [4.78, 5) is 0. The van der Waals surface area contributed by atoms with Gasteiger partial charge in [-0.25, -0.2) is 0 Å². The highest BCUT2D eigenvalue weighted by Crippen LogP contribution is 2.30. The summed E-state index contributed by atoms with van der Waals surface area (Å²) < 4.78 is 61.3. The molecule has 0 aliphatic carbocycles. The average Bonchev–Trinajstić information content (AvgIpc) is 3.21. The van der Waals surface area contributed by atoms with E-state index in [1.54, 1.807) is 6.92 Å². The first kappa shape index (κ1) is 51.3. The van der Waals surface area contributed by atoms with Crippen LogP contribution in [-0.4, -0.2) is 228 Å². The Labute approximate surface area is 327 Å². The van der Waals surface area contributed by atoms with Crippen molar-refractivity contribution in [2.75, 3.05) is 53.9 Å². The van der Waals surface area contributed by atoms with Crippen LogP contribution in [0.15, 0.2) is 0 Å². The third-order valence-corrected chi connectivity index (χ3v) is 9.33. The Bertz CT molecular complexity index is 1030. The maximum absolute atomic E-state index is 11.0. The molecule has 4 aliphatic rings. The third-order valence-electron chi connectivity index (χ3n) is 9.33. The van der Waals surface area contributed by atoms with E-state index >= 15 is 0 Å². The van der Waals surface area contributed by atoms with Crippen LogP contribution in [0.4, 0.5) is 0 Å². The second kappa shape index (κ2) is 25.7. The van der Waals surface area contributed by atoms with Gasteiger partial charge in [0.2, 0.25) is 0 Å². The van der Waals surface area contributed by atoms with Gasteiger partial charge in [-0.2, -0.15) is 0 Å². The van der Waals surface area contributed by atoms with E-state index < -0.39 is 136 Å². The van der Waals surface area contributed by atoms with E-state index in [9.17, 15) is 51.1 Å². The highest BCUT2D eigenvalue weighted by atomic mass is 16.8. The van der Waals surface area contributed by atoms with Crippen LogP contribution in [0.25, 0.3) is 0 Å². The van der Waals surface area contributed by atoms with Gasteiger partial charge in [-0.1, -0.05) is 34.6 Å². The molecule has 0 amide bonds. The predicted octanol–water partition coefficient (Wildman–Crippen LogP) is -3.91. The molecule has 4 fully saturated rings. The number of hydrogen-bond acceptors (Lipinski definition) is 21. The Morgan fingerprint density at radius 2 is 0.750 bits per heavy atom. The van der Waals surface area contributed by atoms with E-state index in [0.29, 0.717) is 6.42 Å². The summed E-state index contributed by atoms with van der Waals surface area (Å²) in [5, 5.41) is 106. The van der Waals surface area contributed by atoms with E-state index in [2.05, 4.69) is 0 Å². The molecule has 0 unspecified atom stereocenters. The van der Waals surface area contributed by atoms with E-state index in [1.807, 2.05) is 34.6 Å². The van der Waals surface area contributed by atoms with Crippen LogP contribution in [0.1, 0.15) is 48.0 Å². The zero-order chi connectivity index (χ0) is 42.3. The molecule has 0 aromatic heterocycles. The van der Waals surface area contributed by atoms with Crippen molar-refractivity contribution in [3.05, 3.63) is 0 Å². The molecule has 21 heteroatoms. The molecular formula is C35H68O21. The lowest BCUT2D eigenvalue weighted by Crippen LogP contribution is -2.63. The Hall–Kier alpha value is -0.840. The standard InChI is InChI=1S/C31H56O21.2C2H6/c1-5-7-45-27-15(11-48-29-22(38)18(34)16(32)12(49-29)8-42-3)52-31(25(41)21(27)37)46-9-13-17(33)19(35)23(39)30(50-13)47-10-14-26(44-6-2)20(36)24(40)28(43-4)51-14;2*1-2/h12-41H,5-11H2,1-4H3;2*1-2H3/t12-,13-,14-,15-,16-,17-,18+,19+,20-,21-,22-,23-,24-,25-,26-,27-,28+,29+,30+,31+;;/m1../s1. The minimum atomic E-state index is -1.80. The monoisotopic (exact) mass is 824 g/mol. The Balaban J connectivity index is 0.00000262. The Morgan fingerprint density at radius 3 is 1.16 bits per heavy atom. The van der Waals surface area contributed by atoms with E-state index in [0.717, 1.165) is 0 Å². The Kier molecular flexibility index (Phi) is 23.6. The van der Waals surface area contributed by atoms with Gasteiger partial charge in [0.25, 0.3) is 0 Å². The lowest BCUT2D eigenvalue weighted by molar-refractivity contribution is -0.350. The molecule has 0 aromatic carbocycles. The zero-order valence-corrected chi connectivity index (χ0v) is 33.5. The maximum Gasteiger partial charge on any atom is 0.186 e. The van der Waals surface area contributed by atoms with Gasteiger partial charge in [0.05, 0.1) is 26.4 Å². The van der Waals surface area contributed by atoms with Crippen LogP contribution in [0, 0.1) is 0 Å². The van der Waals surface area contributed by atoms with Crippen molar-refractivity contribution in [2.45, 2.75) is 171 Å². The first-order valence-corrected chi connectivity index (χ1v) is 19.3. The predicted molar refractivity (Wildman–Crippen MR) is 190 cm³/mol. The molecule has 334 valence electrons. The fraction of sp³-hybridized carbons (Fsp3) is 1.00. The highest BCUT2D eigenvalue weighted by Gasteiger charge is 2.51. The average molecular weight is 825 g/mol. The topological polar surface area (TPSA) is 304 Å². The Morgan fingerprint density at radius 1 is 0.393 bits per heavy atom. The molecular weight excluding hydrogens is 756 g/mol. The molecule has 21 nitrogen and oxygen atoms in total. The van der Waals surface area contributed by atoms with Gasteiger partial charge in [0.15, 0.2) is 25.2 Å². The van der Waals surface area contributed by atoms with Crippen LogP contribution < -0.4 is 0 Å². The van der Waals surface area contributed by atoms with Crippen LogP contribution in [-0.2, 0) is 52.1 Å². The second-order valence-electron chi connectivity index (χ2n) is 13.0. The van der Waals surface area contributed by atoms with Crippen molar-refractivity contribution in [3.8, 4) is 0 Å². The lowest BCUT2D eigenvalue weighted by Gasteiger charge is -2.45. The third kappa shape index (κ3) is 12.8. The first-order chi connectivity index (χ1) is 26.8. The van der Waals surface area contributed by atoms with Crippen molar-refractivity contribution >= 4 is 0 Å². The lowest BCUT2D eigenvalue weighted by atomic mass is 9.97. The minimum absolute atomic E-state index is 0.121. The number of hydrogen-bond donors (Lipinski definition) is 10. The largest absolute Gasteiger partial charge is 0.387 e. The summed E-state index contributed by atoms with van der Waals surface area (Å²) in [5.41, 5.74) is 0. The first-order valence-electron chi connectivity index (χ1n) is 19.3. The molecule has 4 heterocycles. The van der Waals surface area contributed by atoms with Gasteiger partial charge < -0.3 is 103 Å². The SMILES string of the molecule is CC.CC.CCCO[C@H]1[C@H](O)[C@@H](O)[C@@H](OC[C@H]2O[C@H](OC[C@H]3O[C@H](OC)[C@H](O)[C@@H](O)[C@@H]3OCC)[C@H](O)[C@@H](O)[C@@H]2O)O[C@@H]1CO[C@H]1O[C@H](COC)[C@@H](O)[C@H](O)[C@H]1O. The molecule has 4 saturated heterocycles. The minimum Gasteiger partial charge on any atom is -0.387 e. The van der Waals surface area contributed by atoms with Gasteiger partial charge in [0, 0.05) is 27.4 Å². The highest BCUT2D eigenvalue weighted by molar-refractivity contribution is 4.95. The van der Waals surface area contributed by atoms with Gasteiger partial charge in [-0.05, 0) is 13.3 Å². The smallest absolute Gasteiger partial charge is 0.186 e. The fourth-order valence-corrected chi connectivity index (χ4v) is 6.39. The van der Waals surface area contributed by atoms with Gasteiger partial charge in [-0.3, -0.25) is 0 Å². The summed E-state index contributed by atoms with van der Waals surface area (Å²) in [6.45, 7) is 10.3. The van der Waals surface area contributed by atoms with Crippen LogP contribution in [0.3, 0.4) is 0 Å². The summed E-state index contributed by atoms with van der Waals surface area (Å²) in [7, 11) is 2.62. The number of ether oxygens (including phenoxy) is 11. The number of rotatable bonds is 17. The number of aliphatic hydroxyl groups excluding tert-OH is 10. The van der Waals surface area contributed by atoms with Crippen molar-refractivity contribution in [3.63, 3.8) is 0 Å². The number of methoxy groups -OCH3 is 2. The number of aliphatic hydroxyl groups is 10. The molecule has 4 rings (SSSR count). The summed E-state index contributed by atoms with van der Waals surface area (Å²) in [6.07, 6.45) is -28.3. The molecule has 4 aliphatic heterocycles. The van der Waals surface area contributed by atoms with Crippen molar-refractivity contribution in [1.29, 1.82) is 0 Å². The van der Waals surface area contributed by atoms with Crippen molar-refractivity contribution < 1.29 is 103 Å². The van der Waals surface area contributed by atoms with Gasteiger partial charge in [-0.15, -0.1) is 0 Å². The summed E-state index contributed by atoms with van der Waals surface area (Å²) in [6, 6.07) is 0. The maximum atomic E-state index is 11.0. The molecule has 0 bridgehead atoms. The molecule has 0 aromatic rings. The second-order valence-corrected chi connectivity index (χ2v) is 13.0. The summed E-state index contributed by atoms with van der Waals surface area (Å²) >= 11 is 0. The molecule has 0 spiro atoms. The molecule has 0 saturated carbocycles. The normalized spacial score (nSPS) is 44.2. The van der Waals surface area contributed by atoms with Crippen molar-refractivity contribution in [1.82, 2.24) is 0 Å². The molecule has 10 N–H and O–H groups in total. The van der Waals surface area contributed by atoms with Crippen LogP contribution in [0.2, 0.25) is 0 Å². The van der Waals surface area contributed by atoms with Crippen LogP contribution in [0.5, 0.6) is 0 Å².